The van der Waals surface area contributed by atoms with Crippen LogP contribution in [0, 0.1) is 29.1 Å². The quantitative estimate of drug-likeness (QED) is 0.540. The van der Waals surface area contributed by atoms with E-state index in [4.69, 9.17) is 4.74 Å². The Balaban J connectivity index is 1.20. The second-order valence-corrected chi connectivity index (χ2v) is 11.3. The highest BCUT2D eigenvalue weighted by Crippen LogP contribution is 2.57. The molecule has 0 aromatic carbocycles. The summed E-state index contributed by atoms with van der Waals surface area (Å²) in [4.78, 5) is 27.8. The fourth-order valence-electron chi connectivity index (χ4n) is 7.89. The highest BCUT2D eigenvalue weighted by atomic mass is 16.6. The highest BCUT2D eigenvalue weighted by Gasteiger charge is 2.55. The molecule has 1 aromatic heterocycles. The van der Waals surface area contributed by atoms with Crippen molar-refractivity contribution >= 4 is 5.97 Å². The molecule has 4 heterocycles. The molecule has 5 nitrogen and oxygen atoms in total. The van der Waals surface area contributed by atoms with E-state index in [2.05, 4.69) is 24.5 Å². The number of nitrogens with zero attached hydrogens (tertiary/aromatic N) is 2. The summed E-state index contributed by atoms with van der Waals surface area (Å²) >= 11 is 0. The summed E-state index contributed by atoms with van der Waals surface area (Å²) in [5.41, 5.74) is 2.96. The molecule has 2 saturated carbocycles. The molecule has 7 atom stereocenters. The Bertz CT molecular complexity index is 983. The minimum atomic E-state index is -0.0129. The smallest absolute Gasteiger partial charge is 0.310 e. The predicted octanol–water partition coefficient (Wildman–Crippen LogP) is 3.58. The van der Waals surface area contributed by atoms with E-state index in [0.29, 0.717) is 23.7 Å². The molecule has 1 aromatic rings. The Morgan fingerprint density at radius 2 is 2.06 bits per heavy atom. The number of likely N-dealkylation sites (tertiary alicyclic amines) is 1. The Labute approximate surface area is 184 Å². The zero-order valence-electron chi connectivity index (χ0n) is 18.6. The van der Waals surface area contributed by atoms with Crippen molar-refractivity contribution in [3.05, 3.63) is 46.4 Å². The second kappa shape index (κ2) is 7.06. The predicted molar refractivity (Wildman–Crippen MR) is 119 cm³/mol. The summed E-state index contributed by atoms with van der Waals surface area (Å²) in [7, 11) is 0. The number of allylic oxidation sites excluding steroid dienone is 1. The van der Waals surface area contributed by atoms with E-state index in [1.54, 1.807) is 6.07 Å². The third-order valence-electron chi connectivity index (χ3n) is 9.33. The number of hydrogen-bond acceptors (Lipinski definition) is 4. The number of ether oxygens (including phenoxy) is 1. The molecule has 0 radical (unpaired) electrons. The minimum absolute atomic E-state index is 0.0129. The number of aromatic nitrogens is 1. The number of fused-ring (bicyclic) bond motifs is 6. The normalized spacial score (nSPS) is 41.8. The molecule has 5 aliphatic rings. The number of esters is 1. The lowest BCUT2D eigenvalue weighted by Crippen LogP contribution is -2.50. The number of rotatable bonds is 2. The molecule has 0 spiro atoms. The largest absolute Gasteiger partial charge is 0.462 e. The number of carbonyl (C=O) groups excluding carboxylic acids is 1. The zero-order chi connectivity index (χ0) is 21.3. The first kappa shape index (κ1) is 19.8. The fourth-order valence-corrected chi connectivity index (χ4v) is 7.89. The van der Waals surface area contributed by atoms with Crippen LogP contribution in [0.3, 0.4) is 0 Å². The summed E-state index contributed by atoms with van der Waals surface area (Å²) in [5, 5.41) is 0. The van der Waals surface area contributed by atoms with Crippen molar-refractivity contribution in [3.63, 3.8) is 0 Å². The van der Waals surface area contributed by atoms with Crippen molar-refractivity contribution in [1.29, 1.82) is 0 Å². The zero-order valence-corrected chi connectivity index (χ0v) is 18.6. The van der Waals surface area contributed by atoms with Crippen LogP contribution in [0.5, 0.6) is 0 Å². The first-order valence-electron chi connectivity index (χ1n) is 12.2. The van der Waals surface area contributed by atoms with Gasteiger partial charge in [0.05, 0.1) is 5.92 Å². The van der Waals surface area contributed by atoms with Crippen LogP contribution < -0.4 is 5.56 Å². The molecule has 31 heavy (non-hydrogen) atoms. The third kappa shape index (κ3) is 3.14. The van der Waals surface area contributed by atoms with Crippen molar-refractivity contribution in [1.82, 2.24) is 9.47 Å². The van der Waals surface area contributed by atoms with Crippen LogP contribution in [-0.2, 0) is 16.1 Å². The molecule has 6 rings (SSSR count). The van der Waals surface area contributed by atoms with Crippen molar-refractivity contribution < 1.29 is 9.53 Å². The van der Waals surface area contributed by atoms with Gasteiger partial charge < -0.3 is 14.2 Å². The van der Waals surface area contributed by atoms with E-state index in [1.165, 1.54) is 24.1 Å². The lowest BCUT2D eigenvalue weighted by molar-refractivity contribution is -0.146. The van der Waals surface area contributed by atoms with Gasteiger partial charge in [-0.25, -0.2) is 0 Å². The number of carbonyl (C=O) groups is 1. The Morgan fingerprint density at radius 3 is 2.94 bits per heavy atom. The minimum Gasteiger partial charge on any atom is -0.462 e. The molecule has 2 aliphatic carbocycles. The molecular formula is C26H34N2O3. The van der Waals surface area contributed by atoms with Crippen LogP contribution in [0.25, 0.3) is 0 Å². The van der Waals surface area contributed by atoms with E-state index in [9.17, 15) is 9.59 Å². The lowest BCUT2D eigenvalue weighted by Gasteiger charge is -2.50. The van der Waals surface area contributed by atoms with E-state index in [0.717, 1.165) is 51.9 Å². The first-order valence-corrected chi connectivity index (χ1v) is 12.2. The SMILES string of the molecule is C=C1CCC[C@]2(C)C[C@H]3OC(=O)[C@H](CN4C[C@@H]5C[C@H](C4)c4cccc(=O)n4C5)[C@H]3C[C@@H]12. The Morgan fingerprint density at radius 1 is 1.19 bits per heavy atom. The highest BCUT2D eigenvalue weighted by molar-refractivity contribution is 5.75. The number of pyridine rings is 1. The Kier molecular flexibility index (Phi) is 4.51. The van der Waals surface area contributed by atoms with E-state index < -0.39 is 0 Å². The second-order valence-electron chi connectivity index (χ2n) is 11.3. The van der Waals surface area contributed by atoms with Crippen molar-refractivity contribution in [2.75, 3.05) is 19.6 Å². The maximum absolute atomic E-state index is 13.0. The molecule has 2 saturated heterocycles. The van der Waals surface area contributed by atoms with Crippen LogP contribution in [0.4, 0.5) is 0 Å². The summed E-state index contributed by atoms with van der Waals surface area (Å²) in [5.74, 6) is 1.77. The van der Waals surface area contributed by atoms with Gasteiger partial charge in [0.25, 0.3) is 5.56 Å². The maximum atomic E-state index is 13.0. The molecular weight excluding hydrogens is 388 g/mol. The van der Waals surface area contributed by atoms with Crippen molar-refractivity contribution in [2.24, 2.45) is 29.1 Å². The molecule has 0 N–H and O–H groups in total. The van der Waals surface area contributed by atoms with E-state index in [-0.39, 0.29) is 29.0 Å². The van der Waals surface area contributed by atoms with Crippen LogP contribution >= 0.6 is 0 Å². The van der Waals surface area contributed by atoms with Crippen LogP contribution in [0.1, 0.15) is 57.1 Å². The standard InChI is InChI=1S/C26H34N2O3/c1-16-5-4-8-26(2)11-23-19(10-21(16)26)20(25(30)31-23)15-27-12-17-9-18(14-27)22-6-3-7-24(29)28(22)13-17/h3,6-7,17-21,23H,1,4-5,8-15H2,2H3/t17-,18+,19+,20+,21-,23+,26+/m0/s1. The fraction of sp³-hybridized carbons (Fsp3) is 0.692. The summed E-state index contributed by atoms with van der Waals surface area (Å²) in [6, 6.07) is 5.68. The Hall–Kier alpha value is -1.88. The maximum Gasteiger partial charge on any atom is 0.310 e. The summed E-state index contributed by atoms with van der Waals surface area (Å²) in [6.45, 7) is 10.3. The van der Waals surface area contributed by atoms with Gasteiger partial charge in [-0.1, -0.05) is 25.1 Å². The van der Waals surface area contributed by atoms with E-state index >= 15 is 0 Å². The molecule has 5 heteroatoms. The van der Waals surface area contributed by atoms with Crippen LogP contribution in [-0.4, -0.2) is 41.2 Å². The topological polar surface area (TPSA) is 51.5 Å². The van der Waals surface area contributed by atoms with Gasteiger partial charge in [0.1, 0.15) is 6.10 Å². The summed E-state index contributed by atoms with van der Waals surface area (Å²) < 4.78 is 7.97. The molecule has 166 valence electrons. The third-order valence-corrected chi connectivity index (χ3v) is 9.33. The molecule has 4 fully saturated rings. The van der Waals surface area contributed by atoms with Gasteiger partial charge >= 0.3 is 5.97 Å². The number of piperidine rings is 1. The average Bonchev–Trinajstić information content (AvgIpc) is 3.01. The van der Waals surface area contributed by atoms with Gasteiger partial charge in [0.2, 0.25) is 0 Å². The number of hydrogen-bond donors (Lipinski definition) is 0. The van der Waals surface area contributed by atoms with Crippen LogP contribution in [0.15, 0.2) is 35.1 Å². The van der Waals surface area contributed by atoms with Gasteiger partial charge in [0, 0.05) is 49.8 Å². The molecule has 0 unspecified atom stereocenters. The molecule has 3 aliphatic heterocycles. The molecule has 0 amide bonds. The average molecular weight is 423 g/mol. The summed E-state index contributed by atoms with van der Waals surface area (Å²) in [6.07, 6.45) is 6.92. The van der Waals surface area contributed by atoms with Gasteiger partial charge in [-0.2, -0.15) is 0 Å². The first-order chi connectivity index (χ1) is 14.9. The van der Waals surface area contributed by atoms with Crippen LogP contribution in [0.2, 0.25) is 0 Å². The van der Waals surface area contributed by atoms with Gasteiger partial charge in [-0.05, 0) is 61.8 Å². The van der Waals surface area contributed by atoms with Crippen molar-refractivity contribution in [3.8, 4) is 0 Å². The van der Waals surface area contributed by atoms with Gasteiger partial charge in [-0.3, -0.25) is 9.59 Å². The lowest BCUT2D eigenvalue weighted by atomic mass is 9.55. The van der Waals surface area contributed by atoms with Crippen molar-refractivity contribution in [2.45, 2.75) is 64.0 Å². The van der Waals surface area contributed by atoms with Gasteiger partial charge in [-0.15, -0.1) is 0 Å². The van der Waals surface area contributed by atoms with E-state index in [1.807, 2.05) is 10.6 Å². The monoisotopic (exact) mass is 422 g/mol. The van der Waals surface area contributed by atoms with Gasteiger partial charge in [0.15, 0.2) is 0 Å². The molecule has 2 bridgehead atoms.